The summed E-state index contributed by atoms with van der Waals surface area (Å²) < 4.78 is 2.10. The largest absolute Gasteiger partial charge is 0.392 e. The van der Waals surface area contributed by atoms with Gasteiger partial charge in [0.25, 0.3) is 5.91 Å². The summed E-state index contributed by atoms with van der Waals surface area (Å²) in [7, 11) is 0. The average molecular weight is 325 g/mol. The van der Waals surface area contributed by atoms with Gasteiger partial charge in [0.1, 0.15) is 11.5 Å². The Bertz CT molecular complexity index is 767. The average Bonchev–Trinajstić information content (AvgIpc) is 3.05. The van der Waals surface area contributed by atoms with Crippen LogP contribution in [0, 0.1) is 0 Å². The first-order chi connectivity index (χ1) is 11.7. The van der Waals surface area contributed by atoms with Gasteiger partial charge in [0.05, 0.1) is 12.8 Å². The van der Waals surface area contributed by atoms with Gasteiger partial charge in [-0.05, 0) is 36.0 Å². The van der Waals surface area contributed by atoms with Gasteiger partial charge in [0, 0.05) is 25.6 Å². The van der Waals surface area contributed by atoms with Crippen molar-refractivity contribution in [1.82, 2.24) is 14.5 Å². The summed E-state index contributed by atoms with van der Waals surface area (Å²) in [6, 6.07) is 6.02. The quantitative estimate of drug-likeness (QED) is 0.923. The highest BCUT2D eigenvalue weighted by atomic mass is 16.3. The Labute approximate surface area is 141 Å². The second kappa shape index (κ2) is 6.06. The number of aliphatic hydroxyl groups excluding tert-OH is 1. The lowest BCUT2D eigenvalue weighted by Gasteiger charge is -2.31. The number of hydrogen-bond donors (Lipinski definition) is 1. The molecule has 2 aromatic rings. The van der Waals surface area contributed by atoms with Crippen molar-refractivity contribution < 1.29 is 9.90 Å². The van der Waals surface area contributed by atoms with Crippen LogP contribution in [-0.4, -0.2) is 32.0 Å². The van der Waals surface area contributed by atoms with Gasteiger partial charge in [0.2, 0.25) is 0 Å². The smallest absolute Gasteiger partial charge is 0.272 e. The Morgan fingerprint density at radius 3 is 3.08 bits per heavy atom. The van der Waals surface area contributed by atoms with Gasteiger partial charge in [0.15, 0.2) is 0 Å². The minimum atomic E-state index is 0.0187. The second-order valence-electron chi connectivity index (χ2n) is 6.89. The molecule has 2 aliphatic heterocycles. The van der Waals surface area contributed by atoms with Crippen LogP contribution >= 0.6 is 0 Å². The standard InChI is InChI=1S/C19H23N3O2/c1-13-4-3-8-22-17(10-20-18(13)22)19(24)21-9-7-14-5-2-6-15(12-23)16(14)11-21/h2,5-6,10,13,23H,3-4,7-9,11-12H2,1H3. The first-order valence-electron chi connectivity index (χ1n) is 8.74. The molecule has 126 valence electrons. The molecular formula is C19H23N3O2. The highest BCUT2D eigenvalue weighted by Gasteiger charge is 2.28. The van der Waals surface area contributed by atoms with Crippen molar-refractivity contribution in [2.75, 3.05) is 6.54 Å². The van der Waals surface area contributed by atoms with Gasteiger partial charge in [-0.1, -0.05) is 25.1 Å². The van der Waals surface area contributed by atoms with Crippen LogP contribution in [0.25, 0.3) is 0 Å². The van der Waals surface area contributed by atoms with Crippen LogP contribution < -0.4 is 0 Å². The molecule has 1 unspecified atom stereocenters. The summed E-state index contributed by atoms with van der Waals surface area (Å²) in [6.45, 7) is 4.37. The van der Waals surface area contributed by atoms with E-state index < -0.39 is 0 Å². The summed E-state index contributed by atoms with van der Waals surface area (Å²) in [6.07, 6.45) is 4.82. The topological polar surface area (TPSA) is 58.4 Å². The minimum Gasteiger partial charge on any atom is -0.392 e. The highest BCUT2D eigenvalue weighted by Crippen LogP contribution is 2.29. The Balaban J connectivity index is 1.62. The molecule has 24 heavy (non-hydrogen) atoms. The molecule has 0 fully saturated rings. The third-order valence-electron chi connectivity index (χ3n) is 5.39. The van der Waals surface area contributed by atoms with E-state index in [0.29, 0.717) is 18.2 Å². The van der Waals surface area contributed by atoms with E-state index in [9.17, 15) is 9.90 Å². The van der Waals surface area contributed by atoms with E-state index in [4.69, 9.17) is 0 Å². The van der Waals surface area contributed by atoms with E-state index in [-0.39, 0.29) is 12.5 Å². The highest BCUT2D eigenvalue weighted by molar-refractivity contribution is 5.92. The summed E-state index contributed by atoms with van der Waals surface area (Å²) in [5, 5.41) is 9.57. The number of hydrogen-bond acceptors (Lipinski definition) is 3. The lowest BCUT2D eigenvalue weighted by Crippen LogP contribution is -2.37. The van der Waals surface area contributed by atoms with Gasteiger partial charge in [-0.2, -0.15) is 0 Å². The second-order valence-corrected chi connectivity index (χ2v) is 6.89. The molecular weight excluding hydrogens is 302 g/mol. The van der Waals surface area contributed by atoms with Crippen molar-refractivity contribution in [1.29, 1.82) is 0 Å². The predicted octanol–water partition coefficient (Wildman–Crippen LogP) is 2.47. The van der Waals surface area contributed by atoms with Gasteiger partial charge in [-0.3, -0.25) is 4.79 Å². The van der Waals surface area contributed by atoms with Crippen molar-refractivity contribution in [2.45, 2.75) is 51.8 Å². The fraction of sp³-hybridized carbons (Fsp3) is 0.474. The fourth-order valence-corrected chi connectivity index (χ4v) is 4.01. The lowest BCUT2D eigenvalue weighted by atomic mass is 9.95. The van der Waals surface area contributed by atoms with Crippen molar-refractivity contribution in [3.63, 3.8) is 0 Å². The molecule has 0 bridgehead atoms. The van der Waals surface area contributed by atoms with E-state index in [1.807, 2.05) is 17.0 Å². The lowest BCUT2D eigenvalue weighted by molar-refractivity contribution is 0.0720. The van der Waals surface area contributed by atoms with Crippen LogP contribution in [0.15, 0.2) is 24.4 Å². The number of fused-ring (bicyclic) bond motifs is 2. The van der Waals surface area contributed by atoms with Gasteiger partial charge < -0.3 is 14.6 Å². The van der Waals surface area contributed by atoms with Crippen LogP contribution in [0.3, 0.4) is 0 Å². The van der Waals surface area contributed by atoms with E-state index in [1.54, 1.807) is 6.20 Å². The van der Waals surface area contributed by atoms with Crippen molar-refractivity contribution >= 4 is 5.91 Å². The molecule has 0 aliphatic carbocycles. The molecule has 1 aromatic carbocycles. The van der Waals surface area contributed by atoms with Crippen LogP contribution in [0.1, 0.15) is 58.7 Å². The molecule has 3 heterocycles. The monoisotopic (exact) mass is 325 g/mol. The first kappa shape index (κ1) is 15.4. The maximum atomic E-state index is 13.1. The molecule has 0 saturated carbocycles. The van der Waals surface area contributed by atoms with Crippen molar-refractivity contribution in [3.05, 3.63) is 52.6 Å². The van der Waals surface area contributed by atoms with Gasteiger partial charge in [-0.25, -0.2) is 4.98 Å². The first-order valence-corrected chi connectivity index (χ1v) is 8.74. The minimum absolute atomic E-state index is 0.0187. The van der Waals surface area contributed by atoms with E-state index in [0.717, 1.165) is 49.3 Å². The number of aromatic nitrogens is 2. The number of carbonyl (C=O) groups is 1. The number of nitrogens with zero attached hydrogens (tertiary/aromatic N) is 3. The molecule has 1 amide bonds. The summed E-state index contributed by atoms with van der Waals surface area (Å²) in [4.78, 5) is 19.5. The van der Waals surface area contributed by atoms with Gasteiger partial charge in [-0.15, -0.1) is 0 Å². The number of rotatable bonds is 2. The molecule has 1 atom stereocenters. The van der Waals surface area contributed by atoms with Gasteiger partial charge >= 0.3 is 0 Å². The predicted molar refractivity (Wildman–Crippen MR) is 90.7 cm³/mol. The molecule has 5 heteroatoms. The third-order valence-corrected chi connectivity index (χ3v) is 5.39. The number of imidazole rings is 1. The number of carbonyl (C=O) groups excluding carboxylic acids is 1. The Hall–Kier alpha value is -2.14. The van der Waals surface area contributed by atoms with Crippen LogP contribution in [-0.2, 0) is 26.1 Å². The zero-order chi connectivity index (χ0) is 16.7. The Morgan fingerprint density at radius 1 is 1.38 bits per heavy atom. The molecule has 0 spiro atoms. The maximum Gasteiger partial charge on any atom is 0.272 e. The van der Waals surface area contributed by atoms with E-state index in [1.165, 1.54) is 5.56 Å². The molecule has 1 N–H and O–H groups in total. The van der Waals surface area contributed by atoms with E-state index in [2.05, 4.69) is 22.5 Å². The fourth-order valence-electron chi connectivity index (χ4n) is 4.01. The number of aliphatic hydroxyl groups is 1. The Morgan fingerprint density at radius 2 is 2.25 bits per heavy atom. The van der Waals surface area contributed by atoms with Crippen LogP contribution in [0.4, 0.5) is 0 Å². The summed E-state index contributed by atoms with van der Waals surface area (Å²) in [5.41, 5.74) is 3.98. The maximum absolute atomic E-state index is 13.1. The Kier molecular flexibility index (Phi) is 3.88. The zero-order valence-electron chi connectivity index (χ0n) is 14.0. The zero-order valence-corrected chi connectivity index (χ0v) is 14.0. The van der Waals surface area contributed by atoms with Crippen LogP contribution in [0.5, 0.6) is 0 Å². The normalized spacial score (nSPS) is 19.8. The SMILES string of the molecule is CC1CCCn2c(C(=O)N3CCc4cccc(CO)c4C3)cnc21. The van der Waals surface area contributed by atoms with Crippen molar-refractivity contribution in [2.24, 2.45) is 0 Å². The third kappa shape index (κ3) is 2.44. The number of benzene rings is 1. The molecule has 5 nitrogen and oxygen atoms in total. The summed E-state index contributed by atoms with van der Waals surface area (Å²) in [5.74, 6) is 1.52. The molecule has 4 rings (SSSR count). The molecule has 0 radical (unpaired) electrons. The molecule has 0 saturated heterocycles. The number of amides is 1. The van der Waals surface area contributed by atoms with E-state index >= 15 is 0 Å². The van der Waals surface area contributed by atoms with Crippen LogP contribution in [0.2, 0.25) is 0 Å². The molecule has 1 aromatic heterocycles. The molecule has 2 aliphatic rings. The van der Waals surface area contributed by atoms with Crippen molar-refractivity contribution in [3.8, 4) is 0 Å². The summed E-state index contributed by atoms with van der Waals surface area (Å²) >= 11 is 0.